The van der Waals surface area contributed by atoms with E-state index < -0.39 is 23.7 Å². The highest BCUT2D eigenvalue weighted by molar-refractivity contribution is 5.96. The smallest absolute Gasteiger partial charge is 0.407 e. The van der Waals surface area contributed by atoms with Gasteiger partial charge in [-0.2, -0.15) is 0 Å². The molecule has 1 aliphatic carbocycles. The average Bonchev–Trinajstić information content (AvgIpc) is 2.75. The standard InChI is InChI=1S/C23H33FN2O6/c1-16(2)26(23-11-22(12-23,13-24)14-25(15-23)21(28)29)20(27)17-6-7-18(31-4)19(10-17)32-9-5-8-30-3/h6-7,10,16H,5,8-9,11-15H2,1-4H3,(H,28,29). The van der Waals surface area contributed by atoms with Crippen molar-refractivity contribution in [2.45, 2.75) is 44.7 Å². The van der Waals surface area contributed by atoms with Crippen molar-refractivity contribution in [1.82, 2.24) is 9.80 Å². The molecule has 0 atom stereocenters. The van der Waals surface area contributed by atoms with E-state index in [1.165, 1.54) is 12.0 Å². The largest absolute Gasteiger partial charge is 0.493 e. The number of amides is 2. The van der Waals surface area contributed by atoms with Gasteiger partial charge in [0, 0.05) is 50.2 Å². The van der Waals surface area contributed by atoms with E-state index in [1.807, 2.05) is 13.8 Å². The summed E-state index contributed by atoms with van der Waals surface area (Å²) in [6.07, 6.45) is 0.524. The molecular formula is C23H33FN2O6. The first-order valence-electron chi connectivity index (χ1n) is 10.9. The molecule has 1 saturated carbocycles. The second kappa shape index (κ2) is 9.52. The van der Waals surface area contributed by atoms with Gasteiger partial charge in [-0.25, -0.2) is 4.79 Å². The van der Waals surface area contributed by atoms with E-state index in [9.17, 15) is 19.1 Å². The van der Waals surface area contributed by atoms with Crippen molar-refractivity contribution in [3.05, 3.63) is 23.8 Å². The Morgan fingerprint density at radius 3 is 2.47 bits per heavy atom. The minimum absolute atomic E-state index is 0.169. The third-order valence-electron chi connectivity index (χ3n) is 6.38. The number of piperidine rings is 2. The Morgan fingerprint density at radius 2 is 1.91 bits per heavy atom. The number of fused-ring (bicyclic) bond motifs is 2. The van der Waals surface area contributed by atoms with Gasteiger partial charge < -0.3 is 29.1 Å². The third-order valence-corrected chi connectivity index (χ3v) is 6.38. The number of ether oxygens (including phenoxy) is 3. The van der Waals surface area contributed by atoms with E-state index in [4.69, 9.17) is 14.2 Å². The van der Waals surface area contributed by atoms with Crippen molar-refractivity contribution in [3.8, 4) is 11.5 Å². The summed E-state index contributed by atoms with van der Waals surface area (Å²) in [4.78, 5) is 28.3. The van der Waals surface area contributed by atoms with Gasteiger partial charge >= 0.3 is 6.09 Å². The Labute approximate surface area is 188 Å². The highest BCUT2D eigenvalue weighted by atomic mass is 19.1. The molecule has 4 rings (SSSR count). The minimum atomic E-state index is -1.08. The Bertz CT molecular complexity index is 840. The Kier molecular flexibility index (Phi) is 7.17. The molecule has 2 heterocycles. The molecule has 2 saturated heterocycles. The van der Waals surface area contributed by atoms with Gasteiger partial charge in [0.2, 0.25) is 0 Å². The minimum Gasteiger partial charge on any atom is -0.493 e. The molecule has 2 aliphatic heterocycles. The lowest BCUT2D eigenvalue weighted by atomic mass is 9.53. The van der Waals surface area contributed by atoms with Gasteiger partial charge in [-0.3, -0.25) is 9.18 Å². The first-order valence-corrected chi connectivity index (χ1v) is 10.9. The molecule has 0 unspecified atom stereocenters. The van der Waals surface area contributed by atoms with Crippen LogP contribution in [0.25, 0.3) is 0 Å². The lowest BCUT2D eigenvalue weighted by molar-refractivity contribution is -0.149. The van der Waals surface area contributed by atoms with Gasteiger partial charge in [-0.05, 0) is 44.9 Å². The van der Waals surface area contributed by atoms with Crippen LogP contribution in [0.2, 0.25) is 0 Å². The van der Waals surface area contributed by atoms with E-state index in [1.54, 1.807) is 30.2 Å². The number of hydrogen-bond acceptors (Lipinski definition) is 5. The molecule has 8 nitrogen and oxygen atoms in total. The maximum Gasteiger partial charge on any atom is 0.407 e. The zero-order valence-electron chi connectivity index (χ0n) is 19.2. The highest BCUT2D eigenvalue weighted by Crippen LogP contribution is 2.57. The fourth-order valence-corrected chi connectivity index (χ4v) is 5.35. The monoisotopic (exact) mass is 452 g/mol. The van der Waals surface area contributed by atoms with Crippen molar-refractivity contribution in [2.75, 3.05) is 47.2 Å². The van der Waals surface area contributed by atoms with Gasteiger partial charge in [-0.1, -0.05) is 0 Å². The van der Waals surface area contributed by atoms with E-state index >= 15 is 0 Å². The fourth-order valence-electron chi connectivity index (χ4n) is 5.35. The van der Waals surface area contributed by atoms with Crippen LogP contribution in [0.1, 0.15) is 43.5 Å². The van der Waals surface area contributed by atoms with Crippen LogP contribution >= 0.6 is 0 Å². The van der Waals surface area contributed by atoms with Crippen molar-refractivity contribution < 1.29 is 33.3 Å². The number of methoxy groups -OCH3 is 2. The van der Waals surface area contributed by atoms with Crippen molar-refractivity contribution in [2.24, 2.45) is 5.41 Å². The predicted molar refractivity (Wildman–Crippen MR) is 116 cm³/mol. The van der Waals surface area contributed by atoms with Gasteiger partial charge in [0.05, 0.1) is 25.9 Å². The maximum absolute atomic E-state index is 13.8. The highest BCUT2D eigenvalue weighted by Gasteiger charge is 2.64. The van der Waals surface area contributed by atoms with Gasteiger partial charge in [0.25, 0.3) is 5.91 Å². The number of nitrogens with zero attached hydrogens (tertiary/aromatic N) is 2. The summed E-state index contributed by atoms with van der Waals surface area (Å²) in [5.74, 6) is 0.741. The average molecular weight is 453 g/mol. The maximum atomic E-state index is 13.8. The Balaban J connectivity index is 1.88. The lowest BCUT2D eigenvalue weighted by Crippen LogP contribution is -2.76. The molecule has 1 N–H and O–H groups in total. The number of benzene rings is 1. The quantitative estimate of drug-likeness (QED) is 0.547. The second-order valence-corrected chi connectivity index (χ2v) is 9.18. The van der Waals surface area contributed by atoms with Gasteiger partial charge in [-0.15, -0.1) is 0 Å². The molecule has 178 valence electrons. The van der Waals surface area contributed by atoms with Gasteiger partial charge in [0.1, 0.15) is 0 Å². The van der Waals surface area contributed by atoms with E-state index in [0.717, 1.165) is 0 Å². The summed E-state index contributed by atoms with van der Waals surface area (Å²) in [6, 6.07) is 4.82. The molecule has 3 fully saturated rings. The van der Waals surface area contributed by atoms with Gasteiger partial charge in [0.15, 0.2) is 11.5 Å². The molecule has 32 heavy (non-hydrogen) atoms. The van der Waals surface area contributed by atoms with Crippen molar-refractivity contribution in [1.29, 1.82) is 0 Å². The van der Waals surface area contributed by atoms with Crippen LogP contribution in [0.5, 0.6) is 11.5 Å². The molecule has 2 bridgehead atoms. The van der Waals surface area contributed by atoms with Crippen LogP contribution in [-0.4, -0.2) is 85.7 Å². The number of halogens is 1. The summed E-state index contributed by atoms with van der Waals surface area (Å²) in [5, 5.41) is 9.55. The molecule has 1 aromatic carbocycles. The molecule has 2 amide bonds. The number of carbonyl (C=O) groups excluding carboxylic acids is 1. The zero-order chi connectivity index (χ0) is 23.5. The molecule has 1 aromatic rings. The van der Waals surface area contributed by atoms with E-state index in [2.05, 4.69) is 0 Å². The van der Waals surface area contributed by atoms with Crippen LogP contribution in [0.4, 0.5) is 9.18 Å². The Morgan fingerprint density at radius 1 is 1.19 bits per heavy atom. The molecular weight excluding hydrogens is 419 g/mol. The van der Waals surface area contributed by atoms with Crippen LogP contribution in [0, 0.1) is 5.41 Å². The molecule has 9 heteroatoms. The third kappa shape index (κ3) is 4.48. The second-order valence-electron chi connectivity index (χ2n) is 9.18. The number of carboxylic acid groups (broad SMARTS) is 1. The van der Waals surface area contributed by atoms with E-state index in [-0.39, 0.29) is 25.0 Å². The number of alkyl halides is 1. The van der Waals surface area contributed by atoms with Crippen LogP contribution in [0.15, 0.2) is 18.2 Å². The van der Waals surface area contributed by atoms with E-state index in [0.29, 0.717) is 49.5 Å². The van der Waals surface area contributed by atoms with Crippen LogP contribution in [-0.2, 0) is 4.74 Å². The number of hydrogen-bond donors (Lipinski definition) is 1. The SMILES string of the molecule is COCCCOc1cc(C(=O)N(C(C)C)C23CN(C(=O)O)CC(CF)(C2)C3)ccc1OC. The van der Waals surface area contributed by atoms with Crippen LogP contribution < -0.4 is 9.47 Å². The van der Waals surface area contributed by atoms with Crippen molar-refractivity contribution in [3.63, 3.8) is 0 Å². The first kappa shape index (κ1) is 24.1. The van der Waals surface area contributed by atoms with Crippen LogP contribution in [0.3, 0.4) is 0 Å². The Hall–Kier alpha value is -2.55. The molecule has 0 spiro atoms. The van der Waals surface area contributed by atoms with Crippen molar-refractivity contribution >= 4 is 12.0 Å². The molecule has 0 aromatic heterocycles. The zero-order valence-corrected chi connectivity index (χ0v) is 19.2. The predicted octanol–water partition coefficient (Wildman–Crippen LogP) is 3.44. The fraction of sp³-hybridized carbons (Fsp3) is 0.652. The summed E-state index contributed by atoms with van der Waals surface area (Å²) in [5.41, 5.74) is -1.01. The lowest BCUT2D eigenvalue weighted by Gasteiger charge is -2.66. The normalized spacial score (nSPS) is 24.1. The number of rotatable bonds is 10. The summed E-state index contributed by atoms with van der Waals surface area (Å²) in [7, 11) is 3.15. The summed E-state index contributed by atoms with van der Waals surface area (Å²) in [6.45, 7) is 4.52. The topological polar surface area (TPSA) is 88.5 Å². The first-order chi connectivity index (χ1) is 15.2. The number of carbonyl (C=O) groups is 2. The summed E-state index contributed by atoms with van der Waals surface area (Å²) < 4.78 is 30.1. The summed E-state index contributed by atoms with van der Waals surface area (Å²) >= 11 is 0. The molecule has 0 radical (unpaired) electrons. The molecule has 3 aliphatic rings.